The van der Waals surface area contributed by atoms with E-state index >= 15 is 0 Å². The summed E-state index contributed by atoms with van der Waals surface area (Å²) in [5.41, 5.74) is 6.46. The molecule has 0 spiro atoms. The molecule has 1 atom stereocenters. The Balaban J connectivity index is 1.29. The highest BCUT2D eigenvalue weighted by Gasteiger charge is 2.33. The molecule has 3 amide bonds. The molecular formula is C21H25ClFN7O4S. The number of thiazole rings is 1. The van der Waals surface area contributed by atoms with Crippen LogP contribution in [0.1, 0.15) is 6.92 Å². The third kappa shape index (κ3) is 6.10. The molecule has 35 heavy (non-hydrogen) atoms. The molecule has 0 bridgehead atoms. The van der Waals surface area contributed by atoms with Crippen LogP contribution in [0.15, 0.2) is 18.2 Å². The summed E-state index contributed by atoms with van der Waals surface area (Å²) < 4.78 is 20.2. The van der Waals surface area contributed by atoms with Crippen molar-refractivity contribution in [3.05, 3.63) is 29.2 Å². The molecule has 2 aromatic rings. The number of amides is 3. The number of nitrogens with two attached hydrogens (primary N) is 1. The van der Waals surface area contributed by atoms with E-state index in [0.717, 1.165) is 11.3 Å². The molecule has 4 rings (SSSR count). The Morgan fingerprint density at radius 1 is 1.31 bits per heavy atom. The van der Waals surface area contributed by atoms with Gasteiger partial charge in [-0.3, -0.25) is 19.4 Å². The first-order valence-corrected chi connectivity index (χ1v) is 12.1. The summed E-state index contributed by atoms with van der Waals surface area (Å²) in [4.78, 5) is 44.7. The van der Waals surface area contributed by atoms with Crippen molar-refractivity contribution in [3.8, 4) is 0 Å². The van der Waals surface area contributed by atoms with E-state index < -0.39 is 18.0 Å². The van der Waals surface area contributed by atoms with E-state index in [1.54, 1.807) is 12.1 Å². The SMILES string of the molecule is CC(=O)NC[C@H]1CN(c2ccc(N3CCN(CC(=O)Nc4nc(Cl)c(N)s4)CC3)c(F)c2)C(=O)O1. The van der Waals surface area contributed by atoms with Gasteiger partial charge in [-0.15, -0.1) is 0 Å². The van der Waals surface area contributed by atoms with Crippen LogP contribution in [0.2, 0.25) is 5.15 Å². The zero-order valence-corrected chi connectivity index (χ0v) is 20.5. The van der Waals surface area contributed by atoms with Gasteiger partial charge >= 0.3 is 6.09 Å². The standard InChI is InChI=1S/C21H25ClFN7O4S/c1-12(31)25-9-14-10-30(21(33)34-14)13-2-3-16(15(23)8-13)29-6-4-28(5-7-29)11-17(32)26-20-27-18(22)19(24)35-20/h2-3,8,14H,4-7,9-11,24H2,1H3,(H,25,31)(H,26,27,32)/t14-/m0/s1. The number of piperazine rings is 1. The van der Waals surface area contributed by atoms with Gasteiger partial charge in [-0.05, 0) is 18.2 Å². The van der Waals surface area contributed by atoms with Crippen LogP contribution in [-0.2, 0) is 14.3 Å². The Hall–Kier alpha value is -3.16. The van der Waals surface area contributed by atoms with Gasteiger partial charge in [0, 0.05) is 33.1 Å². The maximum Gasteiger partial charge on any atom is 0.414 e. The first-order chi connectivity index (χ1) is 16.7. The van der Waals surface area contributed by atoms with Crippen molar-refractivity contribution in [2.24, 2.45) is 0 Å². The van der Waals surface area contributed by atoms with Gasteiger partial charge in [0.25, 0.3) is 0 Å². The number of ether oxygens (including phenoxy) is 1. The van der Waals surface area contributed by atoms with E-state index in [0.29, 0.717) is 47.7 Å². The summed E-state index contributed by atoms with van der Waals surface area (Å²) in [5, 5.41) is 6.15. The number of carbonyl (C=O) groups excluding carboxylic acids is 3. The van der Waals surface area contributed by atoms with Crippen molar-refractivity contribution in [1.29, 1.82) is 0 Å². The molecule has 11 nitrogen and oxygen atoms in total. The van der Waals surface area contributed by atoms with Crippen LogP contribution in [0.25, 0.3) is 0 Å². The number of anilines is 4. The Bertz CT molecular complexity index is 1110. The quantitative estimate of drug-likeness (QED) is 0.498. The average molecular weight is 526 g/mol. The molecule has 0 unspecified atom stereocenters. The van der Waals surface area contributed by atoms with Gasteiger partial charge in [0.05, 0.1) is 31.0 Å². The van der Waals surface area contributed by atoms with Gasteiger partial charge in [-0.1, -0.05) is 22.9 Å². The lowest BCUT2D eigenvalue weighted by atomic mass is 10.2. The molecule has 3 heterocycles. The maximum absolute atomic E-state index is 15.0. The van der Waals surface area contributed by atoms with Crippen molar-refractivity contribution < 1.29 is 23.5 Å². The van der Waals surface area contributed by atoms with Crippen molar-refractivity contribution in [1.82, 2.24) is 15.2 Å². The zero-order valence-electron chi connectivity index (χ0n) is 18.9. The van der Waals surface area contributed by atoms with Crippen LogP contribution in [0.5, 0.6) is 0 Å². The van der Waals surface area contributed by atoms with Gasteiger partial charge < -0.3 is 26.0 Å². The fraction of sp³-hybridized carbons (Fsp3) is 0.429. The number of hydrogen-bond donors (Lipinski definition) is 3. The Morgan fingerprint density at radius 3 is 2.69 bits per heavy atom. The van der Waals surface area contributed by atoms with Crippen molar-refractivity contribution in [2.45, 2.75) is 13.0 Å². The Morgan fingerprint density at radius 2 is 2.06 bits per heavy atom. The van der Waals surface area contributed by atoms with E-state index in [1.807, 2.05) is 9.80 Å². The summed E-state index contributed by atoms with van der Waals surface area (Å²) >= 11 is 6.92. The summed E-state index contributed by atoms with van der Waals surface area (Å²) in [6.45, 7) is 4.17. The third-order valence-corrected chi connectivity index (χ3v) is 6.83. The van der Waals surface area contributed by atoms with E-state index in [-0.39, 0.29) is 36.6 Å². The second-order valence-corrected chi connectivity index (χ2v) is 9.56. The molecule has 1 aromatic heterocycles. The van der Waals surface area contributed by atoms with Gasteiger partial charge in [-0.2, -0.15) is 0 Å². The van der Waals surface area contributed by atoms with Crippen molar-refractivity contribution >= 4 is 62.4 Å². The topological polar surface area (TPSA) is 133 Å². The molecule has 0 radical (unpaired) electrons. The molecule has 1 aromatic carbocycles. The summed E-state index contributed by atoms with van der Waals surface area (Å²) in [5.74, 6) is -0.899. The van der Waals surface area contributed by atoms with Gasteiger partial charge in [0.2, 0.25) is 11.8 Å². The highest BCUT2D eigenvalue weighted by atomic mass is 35.5. The summed E-state index contributed by atoms with van der Waals surface area (Å²) in [6.07, 6.45) is -1.08. The monoisotopic (exact) mass is 525 g/mol. The molecule has 14 heteroatoms. The van der Waals surface area contributed by atoms with Gasteiger partial charge in [0.15, 0.2) is 10.3 Å². The molecule has 188 valence electrons. The molecule has 2 aliphatic rings. The van der Waals surface area contributed by atoms with Crippen LogP contribution < -0.4 is 26.2 Å². The van der Waals surface area contributed by atoms with Crippen molar-refractivity contribution in [3.63, 3.8) is 0 Å². The molecule has 0 aliphatic carbocycles. The van der Waals surface area contributed by atoms with Crippen LogP contribution in [0.3, 0.4) is 0 Å². The molecular weight excluding hydrogens is 501 g/mol. The fourth-order valence-electron chi connectivity index (χ4n) is 3.89. The number of aromatic nitrogens is 1. The molecule has 2 aliphatic heterocycles. The van der Waals surface area contributed by atoms with E-state index in [2.05, 4.69) is 15.6 Å². The molecule has 2 fully saturated rings. The number of cyclic esters (lactones) is 1. The van der Waals surface area contributed by atoms with Crippen molar-refractivity contribution in [2.75, 3.05) is 66.7 Å². The van der Waals surface area contributed by atoms with Crippen LogP contribution >= 0.6 is 22.9 Å². The average Bonchev–Trinajstić information content (AvgIpc) is 3.33. The molecule has 2 saturated heterocycles. The van der Waals surface area contributed by atoms with Crippen LogP contribution in [0.4, 0.5) is 30.7 Å². The summed E-state index contributed by atoms with van der Waals surface area (Å²) in [6, 6.07) is 4.62. The Labute approximate surface area is 210 Å². The molecule has 0 saturated carbocycles. The third-order valence-electron chi connectivity index (χ3n) is 5.63. The first kappa shape index (κ1) is 24.9. The van der Waals surface area contributed by atoms with E-state index in [4.69, 9.17) is 22.1 Å². The lowest BCUT2D eigenvalue weighted by Crippen LogP contribution is -2.49. The first-order valence-electron chi connectivity index (χ1n) is 10.9. The van der Waals surface area contributed by atoms with Crippen LogP contribution in [-0.4, -0.2) is 79.7 Å². The second-order valence-electron chi connectivity index (χ2n) is 8.17. The number of nitrogens with zero attached hydrogens (tertiary/aromatic N) is 4. The highest BCUT2D eigenvalue weighted by Crippen LogP contribution is 2.30. The van der Waals surface area contributed by atoms with Gasteiger partial charge in [-0.25, -0.2) is 14.2 Å². The lowest BCUT2D eigenvalue weighted by molar-refractivity contribution is -0.119. The predicted octanol–water partition coefficient (Wildman–Crippen LogP) is 1.74. The van der Waals surface area contributed by atoms with Crippen LogP contribution in [0, 0.1) is 5.82 Å². The number of hydrogen-bond acceptors (Lipinski definition) is 9. The maximum atomic E-state index is 15.0. The Kier molecular flexibility index (Phi) is 7.57. The zero-order chi connectivity index (χ0) is 25.1. The van der Waals surface area contributed by atoms with Gasteiger partial charge in [0.1, 0.15) is 16.9 Å². The largest absolute Gasteiger partial charge is 0.442 e. The minimum atomic E-state index is -0.581. The minimum Gasteiger partial charge on any atom is -0.442 e. The smallest absolute Gasteiger partial charge is 0.414 e. The number of rotatable bonds is 7. The second kappa shape index (κ2) is 10.6. The van der Waals surface area contributed by atoms with E-state index in [9.17, 15) is 18.8 Å². The normalized spacial score (nSPS) is 18.5. The highest BCUT2D eigenvalue weighted by molar-refractivity contribution is 7.20. The number of halogens is 2. The number of benzene rings is 1. The number of carbonyl (C=O) groups is 3. The van der Waals surface area contributed by atoms with E-state index in [1.165, 1.54) is 17.9 Å². The molecule has 4 N–H and O–H groups in total. The predicted molar refractivity (Wildman–Crippen MR) is 132 cm³/mol. The minimum absolute atomic E-state index is 0.165. The fourth-order valence-corrected chi connectivity index (χ4v) is 4.78. The number of nitrogens with one attached hydrogen (secondary N) is 2. The number of nitrogen functional groups attached to an aromatic ring is 1. The summed E-state index contributed by atoms with van der Waals surface area (Å²) in [7, 11) is 0. The lowest BCUT2D eigenvalue weighted by Gasteiger charge is -2.36.